The van der Waals surface area contributed by atoms with Gasteiger partial charge in [0.2, 0.25) is 6.29 Å². The molecule has 0 radical (unpaired) electrons. The van der Waals surface area contributed by atoms with Gasteiger partial charge in [-0.25, -0.2) is 37.1 Å². The third-order valence-electron chi connectivity index (χ3n) is 30.3. The summed E-state index contributed by atoms with van der Waals surface area (Å²) in [6.07, 6.45) is 11.9. The summed E-state index contributed by atoms with van der Waals surface area (Å²) in [4.78, 5) is 114. The van der Waals surface area contributed by atoms with E-state index in [2.05, 4.69) is 244 Å². The number of rotatable bonds is 26. The van der Waals surface area contributed by atoms with Crippen LogP contribution in [0.1, 0.15) is 248 Å². The second-order valence-corrected chi connectivity index (χ2v) is 49.4. The summed E-state index contributed by atoms with van der Waals surface area (Å²) in [5.41, 5.74) is 7.83. The Balaban J connectivity index is 0.000000148. The lowest BCUT2D eigenvalue weighted by atomic mass is 9.78. The number of fused-ring (bicyclic) bond motifs is 17. The molecule has 9 aromatic carbocycles. The first-order valence-electron chi connectivity index (χ1n) is 49.0. The smallest absolute Gasteiger partial charge is 0.341 e. The minimum atomic E-state index is -2.40. The molecule has 28 heteroatoms. The first kappa shape index (κ1) is 98.4. The Hall–Kier alpha value is -12.1. The predicted molar refractivity (Wildman–Crippen MR) is 538 cm³/mol. The van der Waals surface area contributed by atoms with Crippen LogP contribution >= 0.6 is 0 Å². The summed E-state index contributed by atoms with van der Waals surface area (Å²) < 4.78 is 61.3. The molecule has 4 N–H and O–H groups in total. The fourth-order valence-electron chi connectivity index (χ4n) is 23.2. The van der Waals surface area contributed by atoms with E-state index in [4.69, 9.17) is 14.6 Å². The molecule has 9 heterocycles. The number of benzene rings is 9. The lowest BCUT2D eigenvalue weighted by Crippen LogP contribution is -2.67. The second kappa shape index (κ2) is 41.0. The van der Waals surface area contributed by atoms with Crippen molar-refractivity contribution in [3.8, 4) is 0 Å². The largest absolute Gasteiger partial charge is 0.478 e. The van der Waals surface area contributed by atoms with Gasteiger partial charge in [-0.15, -0.1) is 0 Å². The Bertz CT molecular complexity index is 5920. The van der Waals surface area contributed by atoms with Gasteiger partial charge in [0.1, 0.15) is 41.7 Å². The Morgan fingerprint density at radius 1 is 0.375 bits per heavy atom. The number of hydrogen-bond acceptors (Lipinski definition) is 18. The van der Waals surface area contributed by atoms with Crippen LogP contribution in [-0.2, 0) is 35.0 Å². The molecule has 9 aliphatic rings. The number of aliphatic hydroxyl groups excluding tert-OH is 1. The van der Waals surface area contributed by atoms with Crippen LogP contribution in [0.5, 0.6) is 0 Å². The van der Waals surface area contributed by atoms with Gasteiger partial charge in [0.15, 0.2) is 11.2 Å². The van der Waals surface area contributed by atoms with E-state index in [-0.39, 0.29) is 40.9 Å². The van der Waals surface area contributed by atoms with Crippen molar-refractivity contribution < 1.29 is 81.1 Å². The molecule has 716 valence electrons. The number of aromatic carboxylic acids is 2. The van der Waals surface area contributed by atoms with E-state index in [0.29, 0.717) is 11.1 Å². The molecule has 136 heavy (non-hydrogen) atoms. The van der Waals surface area contributed by atoms with E-state index in [9.17, 15) is 57.4 Å². The van der Waals surface area contributed by atoms with Gasteiger partial charge in [0.25, 0.3) is 17.7 Å². The fraction of sp³-hybridized carbons (Fsp3) is 0.407. The van der Waals surface area contributed by atoms with Gasteiger partial charge in [-0.2, -0.15) is 0 Å². The van der Waals surface area contributed by atoms with Crippen LogP contribution < -0.4 is 65.8 Å². The summed E-state index contributed by atoms with van der Waals surface area (Å²) in [5.74, 6) is -9.41. The van der Waals surface area contributed by atoms with Gasteiger partial charge >= 0.3 is 29.8 Å². The van der Waals surface area contributed by atoms with Crippen LogP contribution in [0.2, 0.25) is 36.3 Å². The zero-order valence-electron chi connectivity index (χ0n) is 80.3. The van der Waals surface area contributed by atoms with Crippen molar-refractivity contribution in [3.05, 3.63) is 260 Å². The normalized spacial score (nSPS) is 17.4. The number of nitrogens with zero attached hydrogens (tertiary/aromatic N) is 7. The monoisotopic (exact) mass is 1900 g/mol. The predicted octanol–water partition coefficient (Wildman–Crippen LogP) is 16.2. The number of cyclic esters (lactones) is 1. The standard InChI is InChI=1S/C40H45FN4O5Si.C34H39FN2O4Si.C25H38N2Si.C9H5FO5/c1-5-43(6-2)26-12-14-30-34(22-26)51(20-10-9-11-21-51)35-23-27(44(7-3)8-4)13-15-31(35)40(30)32-24-29(33(41)25-28(32)39(49)50-40)38(48)42-18-19-45-36(46)16-17-37(45)47;1-5-36(6-2)22-12-14-26-30(18-22)42(16-10-9-11-17-42)31-19-23(37(7-3)8-4)13-15-27(31)34(26)28-20-25(32(38)39)29(35)21-24(28)33(40)41-34;1-5-26(6-2)22-14-12-16-24(20-22)28(18-10-9-11-19-28)25-17-13-15-23(21-25)27(7-3)8-4;10-6-2-4-3(1-5(6)7(11)12)8(13)15-9(4)14/h12-17,22-25H,5-11,18-21H2,1-4H3,(H,42,48);12-15,18-21H,5-11,16-17H2,1-4H3,(H,38,39);12-17,20-21H,5-11,18-19H2,1-4H3;1-2,8,13H,(H,11,12). The van der Waals surface area contributed by atoms with Crippen molar-refractivity contribution in [3.63, 3.8) is 0 Å². The van der Waals surface area contributed by atoms with Crippen molar-refractivity contribution in [2.45, 2.75) is 195 Å². The molecule has 18 rings (SSSR count). The minimum Gasteiger partial charge on any atom is -0.478 e. The van der Waals surface area contributed by atoms with E-state index in [1.54, 1.807) is 10.4 Å². The van der Waals surface area contributed by atoms with Gasteiger partial charge in [0.05, 0.1) is 33.4 Å². The molecule has 9 aliphatic heterocycles. The Kier molecular flexibility index (Phi) is 29.7. The number of aliphatic hydroxyl groups is 1. The number of halogens is 3. The molecule has 9 aromatic rings. The average Bonchev–Trinajstić information content (AvgIpc) is 1.43. The molecule has 3 saturated heterocycles. The molecule has 3 fully saturated rings. The van der Waals surface area contributed by atoms with Crippen LogP contribution in [-0.4, -0.2) is 184 Å². The number of amides is 3. The fourth-order valence-corrected chi connectivity index (χ4v) is 39.8. The number of esters is 3. The quantitative estimate of drug-likeness (QED) is 0.0170. The minimum absolute atomic E-state index is 0.0289. The number of anilines is 6. The number of nitrogens with one attached hydrogen (secondary N) is 1. The lowest BCUT2D eigenvalue weighted by molar-refractivity contribution is -0.136. The van der Waals surface area contributed by atoms with E-state index in [1.807, 2.05) is 0 Å². The summed E-state index contributed by atoms with van der Waals surface area (Å²) in [7, 11) is -6.43. The molecule has 0 bridgehead atoms. The van der Waals surface area contributed by atoms with Crippen LogP contribution in [0.4, 0.5) is 47.3 Å². The van der Waals surface area contributed by atoms with E-state index in [0.717, 1.165) is 203 Å². The molecule has 3 amide bonds. The van der Waals surface area contributed by atoms with Crippen molar-refractivity contribution in [2.75, 3.05) is 121 Å². The van der Waals surface area contributed by atoms with E-state index in [1.165, 1.54) is 101 Å². The Morgan fingerprint density at radius 2 is 0.684 bits per heavy atom. The highest BCUT2D eigenvalue weighted by atomic mass is 28.3. The molecule has 0 aromatic heterocycles. The third-order valence-corrected chi connectivity index (χ3v) is 46.1. The van der Waals surface area contributed by atoms with Crippen molar-refractivity contribution in [1.29, 1.82) is 0 Å². The molecule has 0 aliphatic carbocycles. The number of carbonyl (C=O) groups is 8. The van der Waals surface area contributed by atoms with Gasteiger partial charge in [-0.3, -0.25) is 19.3 Å². The number of imide groups is 1. The highest BCUT2D eigenvalue weighted by Gasteiger charge is 2.62. The molecule has 22 nitrogen and oxygen atoms in total. The summed E-state index contributed by atoms with van der Waals surface area (Å²) >= 11 is 0. The first-order valence-corrected chi connectivity index (χ1v) is 56.3. The first-order chi connectivity index (χ1) is 65.6. The van der Waals surface area contributed by atoms with Crippen LogP contribution in [0.15, 0.2) is 170 Å². The Morgan fingerprint density at radius 3 is 1.02 bits per heavy atom. The van der Waals surface area contributed by atoms with Gasteiger partial charge in [-0.05, 0) is 249 Å². The molecular formula is C108H127F3N8O14Si3. The third kappa shape index (κ3) is 17.5. The Labute approximate surface area is 798 Å². The number of carboxylic acid groups (broad SMARTS) is 2. The molecular weight excluding hydrogens is 1770 g/mol. The molecule has 1 atom stereocenters. The number of hydrogen-bond donors (Lipinski definition) is 4. The van der Waals surface area contributed by atoms with Crippen LogP contribution in [0.25, 0.3) is 0 Å². The van der Waals surface area contributed by atoms with Crippen molar-refractivity contribution in [1.82, 2.24) is 10.2 Å². The topological polar surface area (TPSA) is 260 Å². The summed E-state index contributed by atoms with van der Waals surface area (Å²) in [6, 6.07) is 59.1. The summed E-state index contributed by atoms with van der Waals surface area (Å²) in [5, 5.41) is 38.7. The number of carbonyl (C=O) groups excluding carboxylic acids is 6. The van der Waals surface area contributed by atoms with Crippen LogP contribution in [0.3, 0.4) is 0 Å². The van der Waals surface area contributed by atoms with E-state index < -0.39 is 118 Å². The summed E-state index contributed by atoms with van der Waals surface area (Å²) in [6.45, 7) is 37.3. The second-order valence-electron chi connectivity index (χ2n) is 36.6. The average molecular weight is 1900 g/mol. The highest BCUT2D eigenvalue weighted by molar-refractivity contribution is 7.04. The van der Waals surface area contributed by atoms with Crippen molar-refractivity contribution in [2.24, 2.45) is 0 Å². The van der Waals surface area contributed by atoms with Gasteiger partial charge < -0.3 is 64.2 Å². The number of ether oxygens (including phenoxy) is 3. The maximum atomic E-state index is 15.8. The zero-order chi connectivity index (χ0) is 97.0. The zero-order valence-corrected chi connectivity index (χ0v) is 83.3. The van der Waals surface area contributed by atoms with Gasteiger partial charge in [-0.1, -0.05) is 117 Å². The number of carboxylic acids is 2. The molecule has 0 saturated carbocycles. The highest BCUT2D eigenvalue weighted by Crippen LogP contribution is 2.55. The van der Waals surface area contributed by atoms with Crippen molar-refractivity contribution >= 4 is 137 Å². The molecule has 1 unspecified atom stereocenters. The lowest BCUT2D eigenvalue weighted by Gasteiger charge is -2.48. The molecule has 4 spiro atoms. The SMILES string of the molecule is CCN(CC)c1ccc2c(c1)[Si]1(CCCCC1)c1cc(N(CC)CC)ccc1C21OC(=O)c2cc(F)c(C(=O)NCCN3C(=O)C=CC3=O)cc21.CCN(CC)c1ccc2c(c1)[Si]1(CCCCC1)c1cc(N(CC)CC)ccc1C21OC(=O)c2cc(F)c(C(=O)O)cc21.CCN(CC)c1cccc([Si]2(c3cccc(N(CC)CC)c3)CCCCC2)c1.O=C(O)c1cc2c(cc1F)C(=O)OC2O. The maximum Gasteiger partial charge on any atom is 0.341 e. The van der Waals surface area contributed by atoms with Gasteiger partial charge in [0, 0.05) is 177 Å². The van der Waals surface area contributed by atoms with E-state index >= 15 is 4.39 Å². The maximum absolute atomic E-state index is 15.8. The van der Waals surface area contributed by atoms with Crippen LogP contribution in [0, 0.1) is 17.5 Å².